The second-order valence-electron chi connectivity index (χ2n) is 7.06. The highest BCUT2D eigenvalue weighted by atomic mass is 16.5. The van der Waals surface area contributed by atoms with E-state index in [0.29, 0.717) is 6.04 Å². The number of anilines is 1. The molecule has 0 spiro atoms. The standard InChI is InChI=1S/C19H32N4O2/c1-6-14(2)25-17-9-7-16(8-10-17)21-19(24)20-15(3)18-13-22(4)11-12-23(18)5/h7-10,14-15,18H,6,11-13H2,1-5H3,(H2,20,21,24). The molecule has 1 aromatic carbocycles. The number of nitrogens with one attached hydrogen (secondary N) is 2. The van der Waals surface area contributed by atoms with Crippen molar-refractivity contribution < 1.29 is 9.53 Å². The molecule has 1 saturated heterocycles. The third-order valence-corrected chi connectivity index (χ3v) is 4.86. The van der Waals surface area contributed by atoms with Crippen molar-refractivity contribution >= 4 is 11.7 Å². The van der Waals surface area contributed by atoms with Gasteiger partial charge in [0.05, 0.1) is 6.10 Å². The highest BCUT2D eigenvalue weighted by molar-refractivity contribution is 5.89. The summed E-state index contributed by atoms with van der Waals surface area (Å²) in [5.41, 5.74) is 0.760. The monoisotopic (exact) mass is 348 g/mol. The van der Waals surface area contributed by atoms with E-state index in [1.807, 2.05) is 31.2 Å². The van der Waals surface area contributed by atoms with Gasteiger partial charge in [-0.3, -0.25) is 4.90 Å². The number of carbonyl (C=O) groups excluding carboxylic acids is 1. The molecule has 6 heteroatoms. The number of piperazine rings is 1. The largest absolute Gasteiger partial charge is 0.491 e. The van der Waals surface area contributed by atoms with E-state index in [9.17, 15) is 4.79 Å². The fourth-order valence-electron chi connectivity index (χ4n) is 2.99. The summed E-state index contributed by atoms with van der Waals surface area (Å²) in [4.78, 5) is 16.9. The van der Waals surface area contributed by atoms with Crippen molar-refractivity contribution in [3.8, 4) is 5.75 Å². The predicted molar refractivity (Wildman–Crippen MR) is 102 cm³/mol. The molecule has 140 valence electrons. The van der Waals surface area contributed by atoms with Crippen molar-refractivity contribution in [3.05, 3.63) is 24.3 Å². The summed E-state index contributed by atoms with van der Waals surface area (Å²) >= 11 is 0. The number of likely N-dealkylation sites (N-methyl/N-ethyl adjacent to an activating group) is 2. The lowest BCUT2D eigenvalue weighted by atomic mass is 10.1. The van der Waals surface area contributed by atoms with Crippen LogP contribution in [0.25, 0.3) is 0 Å². The molecule has 6 nitrogen and oxygen atoms in total. The van der Waals surface area contributed by atoms with Gasteiger partial charge < -0.3 is 20.3 Å². The van der Waals surface area contributed by atoms with Gasteiger partial charge in [0.1, 0.15) is 5.75 Å². The molecule has 2 N–H and O–H groups in total. The summed E-state index contributed by atoms with van der Waals surface area (Å²) in [6.45, 7) is 9.24. The number of amides is 2. The van der Waals surface area contributed by atoms with Gasteiger partial charge in [-0.25, -0.2) is 4.79 Å². The van der Waals surface area contributed by atoms with Gasteiger partial charge in [-0.05, 0) is 58.6 Å². The fraction of sp³-hybridized carbons (Fsp3) is 0.632. The van der Waals surface area contributed by atoms with Gasteiger partial charge in [-0.1, -0.05) is 6.92 Å². The van der Waals surface area contributed by atoms with Crippen LogP contribution in [-0.4, -0.2) is 67.7 Å². The molecule has 3 unspecified atom stereocenters. The smallest absolute Gasteiger partial charge is 0.319 e. The van der Waals surface area contributed by atoms with Crippen molar-refractivity contribution in [2.75, 3.05) is 39.0 Å². The Balaban J connectivity index is 1.85. The van der Waals surface area contributed by atoms with E-state index < -0.39 is 0 Å². The third kappa shape index (κ3) is 5.90. The van der Waals surface area contributed by atoms with Gasteiger partial charge in [0.25, 0.3) is 0 Å². The Morgan fingerprint density at radius 1 is 1.24 bits per heavy atom. The van der Waals surface area contributed by atoms with Crippen LogP contribution in [0.4, 0.5) is 10.5 Å². The average molecular weight is 348 g/mol. The van der Waals surface area contributed by atoms with Gasteiger partial charge in [-0.15, -0.1) is 0 Å². The number of hydrogen-bond donors (Lipinski definition) is 2. The maximum Gasteiger partial charge on any atom is 0.319 e. The summed E-state index contributed by atoms with van der Waals surface area (Å²) in [6, 6.07) is 7.70. The lowest BCUT2D eigenvalue weighted by molar-refractivity contribution is 0.0946. The zero-order valence-electron chi connectivity index (χ0n) is 16.1. The third-order valence-electron chi connectivity index (χ3n) is 4.86. The number of urea groups is 1. The molecule has 2 amide bonds. The van der Waals surface area contributed by atoms with Crippen molar-refractivity contribution in [2.45, 2.75) is 45.4 Å². The summed E-state index contributed by atoms with van der Waals surface area (Å²) in [6.07, 6.45) is 1.15. The molecule has 1 aliphatic rings. The lowest BCUT2D eigenvalue weighted by Crippen LogP contribution is -2.58. The first-order valence-corrected chi connectivity index (χ1v) is 9.12. The Hall–Kier alpha value is -1.79. The Kier molecular flexibility index (Phi) is 7.08. The maximum atomic E-state index is 12.3. The van der Waals surface area contributed by atoms with Crippen molar-refractivity contribution in [1.29, 1.82) is 0 Å². The van der Waals surface area contributed by atoms with Crippen LogP contribution >= 0.6 is 0 Å². The van der Waals surface area contributed by atoms with Gasteiger partial charge in [0.2, 0.25) is 0 Å². The van der Waals surface area contributed by atoms with Crippen LogP contribution in [0, 0.1) is 0 Å². The normalized spacial score (nSPS) is 21.4. The lowest BCUT2D eigenvalue weighted by Gasteiger charge is -2.40. The molecule has 0 radical (unpaired) electrons. The summed E-state index contributed by atoms with van der Waals surface area (Å²) < 4.78 is 5.75. The van der Waals surface area contributed by atoms with Crippen LogP contribution < -0.4 is 15.4 Å². The van der Waals surface area contributed by atoms with Crippen LogP contribution in [0.2, 0.25) is 0 Å². The van der Waals surface area contributed by atoms with Crippen molar-refractivity contribution in [1.82, 2.24) is 15.1 Å². The number of rotatable bonds is 6. The minimum Gasteiger partial charge on any atom is -0.491 e. The molecule has 0 aromatic heterocycles. The molecule has 0 bridgehead atoms. The molecule has 1 fully saturated rings. The van der Waals surface area contributed by atoms with Crippen molar-refractivity contribution in [2.24, 2.45) is 0 Å². The Morgan fingerprint density at radius 2 is 1.92 bits per heavy atom. The molecule has 0 aliphatic carbocycles. The topological polar surface area (TPSA) is 56.8 Å². The molecule has 25 heavy (non-hydrogen) atoms. The van der Waals surface area contributed by atoms with Crippen LogP contribution in [0.1, 0.15) is 27.2 Å². The molecular weight excluding hydrogens is 316 g/mol. The molecule has 1 heterocycles. The Labute approximate surface area is 151 Å². The number of nitrogens with zero attached hydrogens (tertiary/aromatic N) is 2. The van der Waals surface area contributed by atoms with Gasteiger partial charge in [-0.2, -0.15) is 0 Å². The van der Waals surface area contributed by atoms with E-state index in [1.54, 1.807) is 0 Å². The summed E-state index contributed by atoms with van der Waals surface area (Å²) in [5, 5.41) is 5.95. The van der Waals surface area contributed by atoms with E-state index in [1.165, 1.54) is 0 Å². The van der Waals surface area contributed by atoms with Crippen LogP contribution in [-0.2, 0) is 0 Å². The van der Waals surface area contributed by atoms with Gasteiger partial charge >= 0.3 is 6.03 Å². The van der Waals surface area contributed by atoms with E-state index in [0.717, 1.165) is 37.5 Å². The van der Waals surface area contributed by atoms with E-state index in [-0.39, 0.29) is 18.2 Å². The zero-order valence-corrected chi connectivity index (χ0v) is 16.1. The van der Waals surface area contributed by atoms with Gasteiger partial charge in [0, 0.05) is 37.4 Å². The average Bonchev–Trinajstić information content (AvgIpc) is 2.58. The summed E-state index contributed by atoms with van der Waals surface area (Å²) in [5.74, 6) is 0.820. The van der Waals surface area contributed by atoms with E-state index >= 15 is 0 Å². The van der Waals surface area contributed by atoms with Crippen LogP contribution in [0.5, 0.6) is 5.75 Å². The number of hydrogen-bond acceptors (Lipinski definition) is 4. The molecule has 2 rings (SSSR count). The number of benzene rings is 1. The second-order valence-corrected chi connectivity index (χ2v) is 7.06. The van der Waals surface area contributed by atoms with Crippen LogP contribution in [0.3, 0.4) is 0 Å². The molecule has 1 aromatic rings. The zero-order chi connectivity index (χ0) is 18.4. The molecule has 3 atom stereocenters. The first-order valence-electron chi connectivity index (χ1n) is 9.12. The molecule has 1 aliphatic heterocycles. The highest BCUT2D eigenvalue weighted by Gasteiger charge is 2.28. The van der Waals surface area contributed by atoms with E-state index in [4.69, 9.17) is 4.74 Å². The second kappa shape index (κ2) is 9.06. The van der Waals surface area contributed by atoms with Crippen molar-refractivity contribution in [3.63, 3.8) is 0 Å². The number of carbonyl (C=O) groups is 1. The fourth-order valence-corrected chi connectivity index (χ4v) is 2.99. The SMILES string of the molecule is CCC(C)Oc1ccc(NC(=O)NC(C)C2CN(C)CCN2C)cc1. The number of ether oxygens (including phenoxy) is 1. The Bertz CT molecular complexity index is 549. The first-order chi connectivity index (χ1) is 11.9. The summed E-state index contributed by atoms with van der Waals surface area (Å²) in [7, 11) is 4.24. The van der Waals surface area contributed by atoms with E-state index in [2.05, 4.69) is 48.4 Å². The predicted octanol–water partition coefficient (Wildman–Crippen LogP) is 2.62. The Morgan fingerprint density at radius 3 is 2.56 bits per heavy atom. The minimum atomic E-state index is -0.176. The highest BCUT2D eigenvalue weighted by Crippen LogP contribution is 2.18. The molecular formula is C19H32N4O2. The maximum absolute atomic E-state index is 12.3. The first kappa shape index (κ1) is 19.5. The van der Waals surface area contributed by atoms with Crippen LogP contribution in [0.15, 0.2) is 24.3 Å². The quantitative estimate of drug-likeness (QED) is 0.830. The minimum absolute atomic E-state index is 0.0701. The van der Waals surface area contributed by atoms with Gasteiger partial charge in [0.15, 0.2) is 0 Å². The molecule has 0 saturated carbocycles.